The molecule has 1 unspecified atom stereocenters. The van der Waals surface area contributed by atoms with E-state index in [2.05, 4.69) is 10.3 Å². The fraction of sp³-hybridized carbons (Fsp3) is 0.158. The Bertz CT molecular complexity index is 898. The fourth-order valence-corrected chi connectivity index (χ4v) is 2.82. The highest BCUT2D eigenvalue weighted by molar-refractivity contribution is 6.64. The Balaban J connectivity index is 1.83. The molecule has 4 N–H and O–H groups in total. The van der Waals surface area contributed by atoms with Crippen LogP contribution in [0.15, 0.2) is 60.9 Å². The first-order chi connectivity index (χ1) is 12.1. The molecule has 1 atom stereocenters. The molecular formula is C19H20BN3O2. The highest BCUT2D eigenvalue weighted by Gasteiger charge is 2.20. The molecule has 6 heteroatoms. The average Bonchev–Trinajstić information content (AvgIpc) is 2.62. The third kappa shape index (κ3) is 3.87. The van der Waals surface area contributed by atoms with Gasteiger partial charge in [-0.05, 0) is 34.6 Å². The summed E-state index contributed by atoms with van der Waals surface area (Å²) in [6, 6.07) is 14.9. The van der Waals surface area contributed by atoms with Crippen molar-refractivity contribution in [1.82, 2.24) is 4.98 Å². The molecule has 0 saturated carbocycles. The quantitative estimate of drug-likeness (QED) is 0.621. The highest BCUT2D eigenvalue weighted by atomic mass is 16.2. The molecule has 3 rings (SSSR count). The molecule has 0 bridgehead atoms. The smallest absolute Gasteiger partial charge is 0.320 e. The Morgan fingerprint density at radius 3 is 2.84 bits per heavy atom. The van der Waals surface area contributed by atoms with E-state index in [9.17, 15) is 9.82 Å². The van der Waals surface area contributed by atoms with Gasteiger partial charge in [-0.15, -0.1) is 0 Å². The maximum Gasteiger partial charge on any atom is 0.320 e. The van der Waals surface area contributed by atoms with E-state index in [0.717, 1.165) is 21.8 Å². The maximum atomic E-state index is 12.7. The second kappa shape index (κ2) is 7.46. The zero-order valence-electron chi connectivity index (χ0n) is 14.0. The molecule has 1 aromatic heterocycles. The molecule has 0 aliphatic carbocycles. The monoisotopic (exact) mass is 333 g/mol. The van der Waals surface area contributed by atoms with E-state index < -0.39 is 12.8 Å². The lowest BCUT2D eigenvalue weighted by Crippen LogP contribution is -2.30. The van der Waals surface area contributed by atoms with Gasteiger partial charge in [0.2, 0.25) is 5.91 Å². The standard InChI is InChI=1S/C19H20BN3O2/c1-20(25)16-4-2-3-14(9-16)18(11-21)19(24)23-17-6-5-15-12-22-8-7-13(15)10-17/h2-10,12,18,25H,11,21H2,1H3,(H,23,24). The summed E-state index contributed by atoms with van der Waals surface area (Å²) in [5, 5.41) is 14.7. The first kappa shape index (κ1) is 17.1. The normalized spacial score (nSPS) is 12.0. The number of carbonyl (C=O) groups is 1. The summed E-state index contributed by atoms with van der Waals surface area (Å²) < 4.78 is 0. The zero-order chi connectivity index (χ0) is 17.8. The maximum absolute atomic E-state index is 12.7. The summed E-state index contributed by atoms with van der Waals surface area (Å²) >= 11 is 0. The Morgan fingerprint density at radius 1 is 1.24 bits per heavy atom. The van der Waals surface area contributed by atoms with Gasteiger partial charge in [-0.3, -0.25) is 9.78 Å². The summed E-state index contributed by atoms with van der Waals surface area (Å²) in [6.07, 6.45) is 3.50. The molecule has 126 valence electrons. The van der Waals surface area contributed by atoms with Crippen LogP contribution in [0.3, 0.4) is 0 Å². The minimum Gasteiger partial charge on any atom is -0.447 e. The Kier molecular flexibility index (Phi) is 5.12. The van der Waals surface area contributed by atoms with Crippen LogP contribution in [-0.4, -0.2) is 29.4 Å². The zero-order valence-corrected chi connectivity index (χ0v) is 14.0. The summed E-state index contributed by atoms with van der Waals surface area (Å²) in [5.74, 6) is -0.648. The molecule has 1 amide bonds. The van der Waals surface area contributed by atoms with E-state index >= 15 is 0 Å². The first-order valence-corrected chi connectivity index (χ1v) is 8.21. The molecule has 0 radical (unpaired) electrons. The predicted octanol–water partition coefficient (Wildman–Crippen LogP) is 1.74. The van der Waals surface area contributed by atoms with Crippen LogP contribution in [0.5, 0.6) is 0 Å². The van der Waals surface area contributed by atoms with Crippen LogP contribution in [0.4, 0.5) is 5.69 Å². The predicted molar refractivity (Wildman–Crippen MR) is 102 cm³/mol. The van der Waals surface area contributed by atoms with Gasteiger partial charge < -0.3 is 16.1 Å². The number of benzene rings is 2. The van der Waals surface area contributed by atoms with Gasteiger partial charge in [-0.1, -0.05) is 37.2 Å². The number of nitrogens with zero attached hydrogens (tertiary/aromatic N) is 1. The number of carbonyl (C=O) groups excluding carboxylic acids is 1. The topological polar surface area (TPSA) is 88.2 Å². The second-order valence-electron chi connectivity index (χ2n) is 6.06. The summed E-state index contributed by atoms with van der Waals surface area (Å²) in [7, 11) is 0. The van der Waals surface area contributed by atoms with E-state index in [4.69, 9.17) is 5.73 Å². The Morgan fingerprint density at radius 2 is 2.08 bits per heavy atom. The molecule has 3 aromatic rings. The van der Waals surface area contributed by atoms with Crippen molar-refractivity contribution in [3.63, 3.8) is 0 Å². The number of fused-ring (bicyclic) bond motifs is 1. The molecule has 0 saturated heterocycles. The van der Waals surface area contributed by atoms with Gasteiger partial charge in [0, 0.05) is 30.0 Å². The van der Waals surface area contributed by atoms with Crippen LogP contribution >= 0.6 is 0 Å². The molecule has 25 heavy (non-hydrogen) atoms. The van der Waals surface area contributed by atoms with E-state index in [0.29, 0.717) is 5.69 Å². The number of rotatable bonds is 5. The van der Waals surface area contributed by atoms with Crippen molar-refractivity contribution >= 4 is 34.7 Å². The van der Waals surface area contributed by atoms with Gasteiger partial charge in [0.05, 0.1) is 5.92 Å². The summed E-state index contributed by atoms with van der Waals surface area (Å²) in [5.41, 5.74) is 8.12. The fourth-order valence-electron chi connectivity index (χ4n) is 2.82. The molecule has 0 aliphatic rings. The minimum atomic E-state index is -0.587. The number of aromatic nitrogens is 1. The minimum absolute atomic E-state index is 0.168. The largest absolute Gasteiger partial charge is 0.447 e. The Labute approximate surface area is 147 Å². The molecule has 5 nitrogen and oxygen atoms in total. The van der Waals surface area contributed by atoms with Gasteiger partial charge in [0.25, 0.3) is 0 Å². The molecule has 0 aliphatic heterocycles. The van der Waals surface area contributed by atoms with Crippen molar-refractivity contribution in [3.8, 4) is 0 Å². The van der Waals surface area contributed by atoms with Gasteiger partial charge in [-0.2, -0.15) is 0 Å². The third-order valence-electron chi connectivity index (χ3n) is 4.26. The highest BCUT2D eigenvalue weighted by Crippen LogP contribution is 2.21. The molecule has 0 spiro atoms. The van der Waals surface area contributed by atoms with Crippen LogP contribution in [-0.2, 0) is 4.79 Å². The SMILES string of the molecule is CB(O)c1cccc(C(CN)C(=O)Nc2ccc3cnccc3c2)c1. The van der Waals surface area contributed by atoms with Gasteiger partial charge >= 0.3 is 6.92 Å². The number of hydrogen-bond acceptors (Lipinski definition) is 4. The lowest BCUT2D eigenvalue weighted by Gasteiger charge is -2.17. The Hall–Kier alpha value is -2.70. The van der Waals surface area contributed by atoms with E-state index in [1.807, 2.05) is 48.5 Å². The van der Waals surface area contributed by atoms with Crippen molar-refractivity contribution in [1.29, 1.82) is 0 Å². The van der Waals surface area contributed by atoms with Crippen molar-refractivity contribution in [2.75, 3.05) is 11.9 Å². The number of nitrogens with two attached hydrogens (primary N) is 1. The molecular weight excluding hydrogens is 313 g/mol. The van der Waals surface area contributed by atoms with Crippen molar-refractivity contribution in [2.45, 2.75) is 12.7 Å². The lowest BCUT2D eigenvalue weighted by molar-refractivity contribution is -0.117. The van der Waals surface area contributed by atoms with E-state index in [1.54, 1.807) is 19.2 Å². The van der Waals surface area contributed by atoms with Crippen LogP contribution in [0.25, 0.3) is 10.8 Å². The van der Waals surface area contributed by atoms with Gasteiger partial charge in [0.1, 0.15) is 0 Å². The lowest BCUT2D eigenvalue weighted by atomic mass is 9.64. The van der Waals surface area contributed by atoms with Crippen LogP contribution < -0.4 is 16.5 Å². The van der Waals surface area contributed by atoms with Crippen molar-refractivity contribution in [3.05, 3.63) is 66.5 Å². The number of pyridine rings is 1. The van der Waals surface area contributed by atoms with Crippen LogP contribution in [0.1, 0.15) is 11.5 Å². The van der Waals surface area contributed by atoms with Gasteiger partial charge in [0.15, 0.2) is 0 Å². The van der Waals surface area contributed by atoms with Crippen LogP contribution in [0, 0.1) is 0 Å². The van der Waals surface area contributed by atoms with E-state index in [1.165, 1.54) is 0 Å². The number of hydrogen-bond donors (Lipinski definition) is 3. The molecule has 0 fully saturated rings. The molecule has 1 heterocycles. The molecule has 2 aromatic carbocycles. The van der Waals surface area contributed by atoms with E-state index in [-0.39, 0.29) is 12.5 Å². The third-order valence-corrected chi connectivity index (χ3v) is 4.26. The van der Waals surface area contributed by atoms with Crippen molar-refractivity contribution < 1.29 is 9.82 Å². The van der Waals surface area contributed by atoms with Gasteiger partial charge in [-0.25, -0.2) is 0 Å². The summed E-state index contributed by atoms with van der Waals surface area (Å²) in [4.78, 5) is 16.8. The second-order valence-corrected chi connectivity index (χ2v) is 6.06. The number of nitrogens with one attached hydrogen (secondary N) is 1. The average molecular weight is 333 g/mol. The summed E-state index contributed by atoms with van der Waals surface area (Å²) in [6.45, 7) is 1.29. The van der Waals surface area contributed by atoms with Crippen molar-refractivity contribution in [2.24, 2.45) is 5.73 Å². The number of amides is 1. The number of anilines is 1. The first-order valence-electron chi connectivity index (χ1n) is 8.21. The van der Waals surface area contributed by atoms with Crippen LogP contribution in [0.2, 0.25) is 6.82 Å².